The van der Waals surface area contributed by atoms with Gasteiger partial charge in [-0.05, 0) is 43.7 Å². The molecule has 2 aromatic heterocycles. The molecule has 4 heterocycles. The molecule has 0 aromatic carbocycles. The lowest BCUT2D eigenvalue weighted by molar-refractivity contribution is -0.0706. The van der Waals surface area contributed by atoms with Crippen molar-refractivity contribution >= 4 is 5.71 Å². The molecule has 0 saturated carbocycles. The summed E-state index contributed by atoms with van der Waals surface area (Å²) in [5.41, 5.74) is 2.80. The Morgan fingerprint density at radius 2 is 1.96 bits per heavy atom. The van der Waals surface area contributed by atoms with E-state index in [0.717, 1.165) is 56.0 Å². The molecule has 1 spiro atoms. The minimum Gasteiger partial charge on any atom is -0.387 e. The number of likely N-dealkylation sites (tertiary alicyclic amines) is 1. The van der Waals surface area contributed by atoms with Gasteiger partial charge in [0.2, 0.25) is 0 Å². The molecule has 1 saturated heterocycles. The number of piperidine rings is 1. The van der Waals surface area contributed by atoms with Crippen LogP contribution in [0.25, 0.3) is 0 Å². The summed E-state index contributed by atoms with van der Waals surface area (Å²) in [6.45, 7) is 2.84. The highest BCUT2D eigenvalue weighted by atomic mass is 16.7. The second-order valence-corrected chi connectivity index (χ2v) is 6.34. The molecule has 1 unspecified atom stereocenters. The van der Waals surface area contributed by atoms with Crippen LogP contribution < -0.4 is 0 Å². The van der Waals surface area contributed by atoms with Crippen LogP contribution in [0.15, 0.2) is 53.9 Å². The summed E-state index contributed by atoms with van der Waals surface area (Å²) in [5, 5.41) is 4.34. The van der Waals surface area contributed by atoms with Gasteiger partial charge in [-0.3, -0.25) is 14.9 Å². The highest BCUT2D eigenvalue weighted by Crippen LogP contribution is 2.35. The highest BCUT2D eigenvalue weighted by molar-refractivity contribution is 6.00. The Hall–Kier alpha value is -2.27. The molecule has 0 radical (unpaired) electrons. The van der Waals surface area contributed by atoms with E-state index in [4.69, 9.17) is 4.84 Å². The molecule has 2 aliphatic heterocycles. The lowest BCUT2D eigenvalue weighted by atomic mass is 9.87. The zero-order valence-corrected chi connectivity index (χ0v) is 13.1. The second kappa shape index (κ2) is 6.08. The third-order valence-electron chi connectivity index (χ3n) is 4.53. The lowest BCUT2D eigenvalue weighted by Crippen LogP contribution is -2.48. The lowest BCUT2D eigenvalue weighted by Gasteiger charge is -2.38. The standard InChI is InChI=1S/C18H20N4O/c1-3-9-19-15(6-1)13-22-11-5-8-18(14-22)12-17(21-23-18)16-7-2-4-10-20-16/h1-4,6-7,9-10H,5,8,11-14H2. The average Bonchev–Trinajstić information content (AvgIpc) is 3.00. The largest absolute Gasteiger partial charge is 0.387 e. The van der Waals surface area contributed by atoms with Gasteiger partial charge in [0.05, 0.1) is 11.4 Å². The molecule has 118 valence electrons. The fraction of sp³-hybridized carbons (Fsp3) is 0.389. The van der Waals surface area contributed by atoms with E-state index in [1.54, 1.807) is 6.20 Å². The number of oxime groups is 1. The minimum absolute atomic E-state index is 0.195. The maximum Gasteiger partial charge on any atom is 0.156 e. The molecule has 0 N–H and O–H groups in total. The van der Waals surface area contributed by atoms with Gasteiger partial charge in [0.25, 0.3) is 0 Å². The fourth-order valence-corrected chi connectivity index (χ4v) is 3.46. The SMILES string of the molecule is c1ccc(CN2CCCC3(CC(c4ccccn4)=NO3)C2)nc1. The summed E-state index contributed by atoms with van der Waals surface area (Å²) in [6.07, 6.45) is 6.66. The van der Waals surface area contributed by atoms with Crippen molar-refractivity contribution in [2.24, 2.45) is 5.16 Å². The van der Waals surface area contributed by atoms with Crippen molar-refractivity contribution in [3.8, 4) is 0 Å². The number of pyridine rings is 2. The van der Waals surface area contributed by atoms with E-state index in [1.165, 1.54) is 0 Å². The van der Waals surface area contributed by atoms with Gasteiger partial charge in [0.1, 0.15) is 5.71 Å². The van der Waals surface area contributed by atoms with Gasteiger partial charge >= 0.3 is 0 Å². The molecule has 1 fully saturated rings. The number of hydrogen-bond donors (Lipinski definition) is 0. The van der Waals surface area contributed by atoms with Crippen LogP contribution >= 0.6 is 0 Å². The van der Waals surface area contributed by atoms with E-state index in [0.29, 0.717) is 0 Å². The molecule has 2 aromatic rings. The monoisotopic (exact) mass is 308 g/mol. The maximum absolute atomic E-state index is 5.90. The molecular weight excluding hydrogens is 288 g/mol. The van der Waals surface area contributed by atoms with Crippen LogP contribution in [-0.4, -0.2) is 39.3 Å². The van der Waals surface area contributed by atoms with Gasteiger partial charge in [0.15, 0.2) is 5.60 Å². The van der Waals surface area contributed by atoms with Crippen LogP contribution in [0.1, 0.15) is 30.7 Å². The number of rotatable bonds is 3. The van der Waals surface area contributed by atoms with Crippen molar-refractivity contribution in [3.05, 3.63) is 60.2 Å². The average molecular weight is 308 g/mol. The van der Waals surface area contributed by atoms with Crippen LogP contribution in [0, 0.1) is 0 Å². The summed E-state index contributed by atoms with van der Waals surface area (Å²) < 4.78 is 0. The Morgan fingerprint density at radius 3 is 2.74 bits per heavy atom. The minimum atomic E-state index is -0.195. The van der Waals surface area contributed by atoms with Crippen molar-refractivity contribution in [3.63, 3.8) is 0 Å². The first-order valence-corrected chi connectivity index (χ1v) is 8.12. The molecule has 5 nitrogen and oxygen atoms in total. The molecule has 23 heavy (non-hydrogen) atoms. The van der Waals surface area contributed by atoms with Crippen LogP contribution in [-0.2, 0) is 11.4 Å². The summed E-state index contributed by atoms with van der Waals surface area (Å²) >= 11 is 0. The number of aromatic nitrogens is 2. The normalized spacial score (nSPS) is 24.4. The molecule has 0 bridgehead atoms. The van der Waals surface area contributed by atoms with E-state index in [9.17, 15) is 0 Å². The quantitative estimate of drug-likeness (QED) is 0.874. The van der Waals surface area contributed by atoms with Gasteiger partial charge in [-0.25, -0.2) is 0 Å². The third kappa shape index (κ3) is 3.10. The predicted octanol–water partition coefficient (Wildman–Crippen LogP) is 2.64. The van der Waals surface area contributed by atoms with Crippen molar-refractivity contribution in [2.45, 2.75) is 31.4 Å². The van der Waals surface area contributed by atoms with Crippen LogP contribution in [0.2, 0.25) is 0 Å². The van der Waals surface area contributed by atoms with E-state index < -0.39 is 0 Å². The molecule has 5 heteroatoms. The maximum atomic E-state index is 5.90. The van der Waals surface area contributed by atoms with Crippen molar-refractivity contribution in [2.75, 3.05) is 13.1 Å². The van der Waals surface area contributed by atoms with E-state index in [1.807, 2.05) is 36.5 Å². The molecule has 1 atom stereocenters. The van der Waals surface area contributed by atoms with Crippen LogP contribution in [0.5, 0.6) is 0 Å². The molecular formula is C18H20N4O. The fourth-order valence-electron chi connectivity index (χ4n) is 3.46. The smallest absolute Gasteiger partial charge is 0.156 e. The topological polar surface area (TPSA) is 50.6 Å². The molecule has 4 rings (SSSR count). The summed E-state index contributed by atoms with van der Waals surface area (Å²) in [5.74, 6) is 0. The first-order chi connectivity index (χ1) is 11.3. The van der Waals surface area contributed by atoms with Gasteiger partial charge < -0.3 is 4.84 Å². The van der Waals surface area contributed by atoms with Crippen LogP contribution in [0.4, 0.5) is 0 Å². The predicted molar refractivity (Wildman–Crippen MR) is 88.0 cm³/mol. The van der Waals surface area contributed by atoms with Crippen molar-refractivity contribution < 1.29 is 4.84 Å². The summed E-state index contributed by atoms with van der Waals surface area (Å²) in [4.78, 5) is 17.1. The van der Waals surface area contributed by atoms with E-state index in [-0.39, 0.29) is 5.60 Å². The molecule has 2 aliphatic rings. The zero-order chi connectivity index (χ0) is 15.5. The first kappa shape index (κ1) is 14.3. The third-order valence-corrected chi connectivity index (χ3v) is 4.53. The van der Waals surface area contributed by atoms with Gasteiger partial charge in [-0.15, -0.1) is 0 Å². The zero-order valence-electron chi connectivity index (χ0n) is 13.1. The summed E-state index contributed by atoms with van der Waals surface area (Å²) in [7, 11) is 0. The van der Waals surface area contributed by atoms with Gasteiger partial charge in [-0.1, -0.05) is 17.3 Å². The summed E-state index contributed by atoms with van der Waals surface area (Å²) in [6, 6.07) is 12.0. The van der Waals surface area contributed by atoms with Gasteiger partial charge in [0, 0.05) is 31.9 Å². The van der Waals surface area contributed by atoms with E-state index >= 15 is 0 Å². The van der Waals surface area contributed by atoms with Gasteiger partial charge in [-0.2, -0.15) is 0 Å². The molecule has 0 amide bonds. The first-order valence-electron chi connectivity index (χ1n) is 8.12. The van der Waals surface area contributed by atoms with Crippen LogP contribution in [0.3, 0.4) is 0 Å². The number of nitrogens with zero attached hydrogens (tertiary/aromatic N) is 4. The highest BCUT2D eigenvalue weighted by Gasteiger charge is 2.43. The van der Waals surface area contributed by atoms with Crippen molar-refractivity contribution in [1.82, 2.24) is 14.9 Å². The molecule has 0 aliphatic carbocycles. The Bertz CT molecular complexity index is 689. The van der Waals surface area contributed by atoms with E-state index in [2.05, 4.69) is 26.1 Å². The Kier molecular flexibility index (Phi) is 3.79. The van der Waals surface area contributed by atoms with Crippen molar-refractivity contribution in [1.29, 1.82) is 0 Å². The number of hydrogen-bond acceptors (Lipinski definition) is 5. The second-order valence-electron chi connectivity index (χ2n) is 6.34. The Balaban J connectivity index is 1.44. The Morgan fingerprint density at radius 1 is 1.09 bits per heavy atom. The Labute approximate surface area is 136 Å².